The van der Waals surface area contributed by atoms with Gasteiger partial charge in [0.1, 0.15) is 13.2 Å². The fraction of sp³-hybridized carbons (Fsp3) is 0.533. The van der Waals surface area contributed by atoms with Gasteiger partial charge in [-0.25, -0.2) is 4.79 Å². The molecule has 0 atom stereocenters. The fourth-order valence-electron chi connectivity index (χ4n) is 3.42. The molecule has 246 valence electrons. The lowest BCUT2D eigenvalue weighted by Gasteiger charge is -2.13. The van der Waals surface area contributed by atoms with E-state index in [0.29, 0.717) is 78.4 Å². The smallest absolute Gasteiger partial charge is 0.416 e. The molecule has 11 nitrogen and oxygen atoms in total. The van der Waals surface area contributed by atoms with Crippen molar-refractivity contribution in [3.8, 4) is 0 Å². The van der Waals surface area contributed by atoms with E-state index >= 15 is 0 Å². The molecule has 0 aromatic heterocycles. The number of rotatable bonds is 24. The highest BCUT2D eigenvalue weighted by Gasteiger charge is 2.30. The van der Waals surface area contributed by atoms with Crippen LogP contribution in [0.5, 0.6) is 0 Å². The number of carbonyl (C=O) groups is 2. The Morgan fingerprint density at radius 3 is 1.55 bits per heavy atom. The molecular weight excluding hydrogens is 591 g/mol. The highest BCUT2D eigenvalue weighted by Crippen LogP contribution is 2.32. The maximum atomic E-state index is 13.0. The van der Waals surface area contributed by atoms with Crippen molar-refractivity contribution in [3.05, 3.63) is 59.7 Å². The lowest BCUT2D eigenvalue weighted by atomic mass is 10.1. The number of esters is 2. The average molecular weight is 632 g/mol. The maximum absolute atomic E-state index is 13.0. The van der Waals surface area contributed by atoms with Gasteiger partial charge in [-0.1, -0.05) is 18.2 Å². The van der Waals surface area contributed by atoms with Crippen molar-refractivity contribution in [1.29, 1.82) is 0 Å². The van der Waals surface area contributed by atoms with E-state index in [-0.39, 0.29) is 37.0 Å². The minimum Gasteiger partial charge on any atom is -0.463 e. The molecule has 2 aromatic carbocycles. The Kier molecular flexibility index (Phi) is 18.7. The summed E-state index contributed by atoms with van der Waals surface area (Å²) in [6.07, 6.45) is -4.48. The van der Waals surface area contributed by atoms with Gasteiger partial charge in [0.05, 0.1) is 96.1 Å². The SMILES string of the molecule is CC(=O)OCCOCCOCCOCCOCCOCCOCCOC(=O)c1ccccc1Nc1cccc(C(F)(F)F)c1. The zero-order valence-electron chi connectivity index (χ0n) is 24.7. The first kappa shape index (κ1) is 36.9. The fourth-order valence-corrected chi connectivity index (χ4v) is 3.42. The Balaban J connectivity index is 1.42. The molecule has 0 aliphatic carbocycles. The Labute approximate surface area is 254 Å². The van der Waals surface area contributed by atoms with Crippen LogP contribution in [-0.4, -0.2) is 104 Å². The van der Waals surface area contributed by atoms with Crippen molar-refractivity contribution >= 4 is 23.3 Å². The molecule has 0 aliphatic rings. The third kappa shape index (κ3) is 17.1. The van der Waals surface area contributed by atoms with E-state index in [0.717, 1.165) is 12.1 Å². The maximum Gasteiger partial charge on any atom is 0.416 e. The van der Waals surface area contributed by atoms with E-state index in [4.69, 9.17) is 37.9 Å². The first-order valence-corrected chi connectivity index (χ1v) is 14.1. The minimum atomic E-state index is -4.48. The van der Waals surface area contributed by atoms with Gasteiger partial charge in [-0.3, -0.25) is 4.79 Å². The van der Waals surface area contributed by atoms with Crippen molar-refractivity contribution in [2.24, 2.45) is 0 Å². The second-order valence-electron chi connectivity index (χ2n) is 8.90. The summed E-state index contributed by atoms with van der Waals surface area (Å²) < 4.78 is 81.2. The molecule has 0 aliphatic heterocycles. The number of ether oxygens (including phenoxy) is 8. The summed E-state index contributed by atoms with van der Waals surface area (Å²) in [6.45, 7) is 6.02. The Morgan fingerprint density at radius 2 is 1.07 bits per heavy atom. The number of para-hydroxylation sites is 1. The zero-order chi connectivity index (χ0) is 31.9. The van der Waals surface area contributed by atoms with Gasteiger partial charge in [0.15, 0.2) is 0 Å². The molecule has 44 heavy (non-hydrogen) atoms. The number of carbonyl (C=O) groups excluding carboxylic acids is 2. The summed E-state index contributed by atoms with van der Waals surface area (Å²) in [7, 11) is 0. The molecule has 0 amide bonds. The van der Waals surface area contributed by atoms with Crippen molar-refractivity contribution in [2.45, 2.75) is 13.1 Å². The Morgan fingerprint density at radius 1 is 0.614 bits per heavy atom. The average Bonchev–Trinajstić information content (AvgIpc) is 2.99. The van der Waals surface area contributed by atoms with Gasteiger partial charge < -0.3 is 43.2 Å². The molecule has 0 bridgehead atoms. The Bertz CT molecular complexity index is 1090. The third-order valence-corrected chi connectivity index (χ3v) is 5.47. The predicted octanol–water partition coefficient (Wildman–Crippen LogP) is 4.27. The number of hydrogen-bond acceptors (Lipinski definition) is 11. The third-order valence-electron chi connectivity index (χ3n) is 5.47. The summed E-state index contributed by atoms with van der Waals surface area (Å²) in [5, 5.41) is 2.85. The molecule has 0 saturated carbocycles. The van der Waals surface area contributed by atoms with E-state index in [1.54, 1.807) is 18.2 Å². The second-order valence-corrected chi connectivity index (χ2v) is 8.90. The van der Waals surface area contributed by atoms with Crippen LogP contribution in [0.1, 0.15) is 22.8 Å². The van der Waals surface area contributed by atoms with Gasteiger partial charge in [-0.2, -0.15) is 13.2 Å². The van der Waals surface area contributed by atoms with Crippen LogP contribution in [0.3, 0.4) is 0 Å². The minimum absolute atomic E-state index is 0.00367. The van der Waals surface area contributed by atoms with Gasteiger partial charge in [-0.05, 0) is 30.3 Å². The molecule has 0 saturated heterocycles. The number of alkyl halides is 3. The topological polar surface area (TPSA) is 120 Å². The number of benzene rings is 2. The molecule has 1 N–H and O–H groups in total. The van der Waals surface area contributed by atoms with Crippen LogP contribution in [0.25, 0.3) is 0 Å². The summed E-state index contributed by atoms with van der Waals surface area (Å²) in [4.78, 5) is 23.1. The molecule has 0 radical (unpaired) electrons. The van der Waals surface area contributed by atoms with Gasteiger partial charge in [0, 0.05) is 12.6 Å². The number of nitrogens with one attached hydrogen (secondary N) is 1. The van der Waals surface area contributed by atoms with Crippen LogP contribution < -0.4 is 5.32 Å². The largest absolute Gasteiger partial charge is 0.463 e. The van der Waals surface area contributed by atoms with Crippen molar-refractivity contribution in [3.63, 3.8) is 0 Å². The molecule has 2 rings (SSSR count). The highest BCUT2D eigenvalue weighted by atomic mass is 19.4. The predicted molar refractivity (Wildman–Crippen MR) is 153 cm³/mol. The number of halogens is 3. The van der Waals surface area contributed by atoms with E-state index in [9.17, 15) is 22.8 Å². The standard InChI is InChI=1S/C30H40F3NO10/c1-24(35)43-21-19-41-17-15-39-13-11-37-9-10-38-12-14-40-16-18-42-20-22-44-29(36)27-7-2-3-8-28(27)34-26-6-4-5-25(23-26)30(31,32)33/h2-8,23,34H,9-22H2,1H3. The van der Waals surface area contributed by atoms with Crippen molar-refractivity contribution in [1.82, 2.24) is 0 Å². The van der Waals surface area contributed by atoms with Gasteiger partial charge in [0.25, 0.3) is 0 Å². The first-order valence-electron chi connectivity index (χ1n) is 14.1. The van der Waals surface area contributed by atoms with E-state index < -0.39 is 17.7 Å². The second kappa shape index (κ2) is 22.3. The van der Waals surface area contributed by atoms with E-state index in [1.165, 1.54) is 25.1 Å². The van der Waals surface area contributed by atoms with Crippen LogP contribution >= 0.6 is 0 Å². The van der Waals surface area contributed by atoms with E-state index in [1.807, 2.05) is 0 Å². The molecule has 2 aromatic rings. The monoisotopic (exact) mass is 631 g/mol. The van der Waals surface area contributed by atoms with Gasteiger partial charge >= 0.3 is 18.1 Å². The summed E-state index contributed by atoms with van der Waals surface area (Å²) in [5.41, 5.74) is -0.0999. The molecule has 14 heteroatoms. The molecule has 0 heterocycles. The van der Waals surface area contributed by atoms with Crippen LogP contribution in [0, 0.1) is 0 Å². The van der Waals surface area contributed by atoms with Gasteiger partial charge in [-0.15, -0.1) is 0 Å². The Hall–Kier alpha value is -3.27. The first-order chi connectivity index (χ1) is 21.3. The van der Waals surface area contributed by atoms with Crippen LogP contribution in [0.15, 0.2) is 48.5 Å². The summed E-state index contributed by atoms with van der Waals surface area (Å²) >= 11 is 0. The van der Waals surface area contributed by atoms with Crippen molar-refractivity contribution in [2.75, 3.05) is 97.8 Å². The van der Waals surface area contributed by atoms with Crippen LogP contribution in [-0.2, 0) is 48.9 Å². The summed E-state index contributed by atoms with van der Waals surface area (Å²) in [5.74, 6) is -0.966. The number of anilines is 2. The molecule has 0 fully saturated rings. The normalized spacial score (nSPS) is 11.4. The highest BCUT2D eigenvalue weighted by molar-refractivity contribution is 5.96. The molecule has 0 spiro atoms. The molecular formula is C30H40F3NO10. The summed E-state index contributed by atoms with van der Waals surface area (Å²) in [6, 6.07) is 11.1. The van der Waals surface area contributed by atoms with Crippen LogP contribution in [0.4, 0.5) is 24.5 Å². The van der Waals surface area contributed by atoms with E-state index in [2.05, 4.69) is 5.32 Å². The number of hydrogen-bond donors (Lipinski definition) is 1. The zero-order valence-corrected chi connectivity index (χ0v) is 24.7. The van der Waals surface area contributed by atoms with Crippen LogP contribution in [0.2, 0.25) is 0 Å². The lowest BCUT2D eigenvalue weighted by Crippen LogP contribution is -2.15. The lowest BCUT2D eigenvalue weighted by molar-refractivity contribution is -0.142. The van der Waals surface area contributed by atoms with Crippen molar-refractivity contribution < 1.29 is 60.7 Å². The van der Waals surface area contributed by atoms with Gasteiger partial charge in [0.2, 0.25) is 0 Å². The quantitative estimate of drug-likeness (QED) is 0.132. The molecule has 0 unspecified atom stereocenters.